The second kappa shape index (κ2) is 7.19. The van der Waals surface area contributed by atoms with E-state index in [1.807, 2.05) is 4.90 Å². The quantitative estimate of drug-likeness (QED) is 0.812. The lowest BCUT2D eigenvalue weighted by Crippen LogP contribution is -2.24. The standard InChI is InChI=1S/C21H29N3O/c1-2-23-15-17(14-20(23)25)21-22-18-10-6-7-11-19(18)24(21)13-12-16-8-4-3-5-9-16/h6-7,10-11,16-17H,2-5,8-9,12-15H2,1H3. The van der Waals surface area contributed by atoms with Crippen LogP contribution in [0.1, 0.15) is 63.6 Å². The number of fused-ring (bicyclic) bond motifs is 1. The molecule has 4 nitrogen and oxygen atoms in total. The van der Waals surface area contributed by atoms with Gasteiger partial charge in [-0.05, 0) is 31.4 Å². The second-order valence-corrected chi connectivity index (χ2v) is 7.74. The second-order valence-electron chi connectivity index (χ2n) is 7.74. The van der Waals surface area contributed by atoms with Gasteiger partial charge < -0.3 is 9.47 Å². The number of hydrogen-bond donors (Lipinski definition) is 0. The molecule has 1 aromatic heterocycles. The predicted octanol–water partition coefficient (Wildman–Crippen LogP) is 4.34. The molecule has 1 unspecified atom stereocenters. The van der Waals surface area contributed by atoms with Crippen molar-refractivity contribution in [1.29, 1.82) is 0 Å². The fourth-order valence-corrected chi connectivity index (χ4v) is 4.68. The summed E-state index contributed by atoms with van der Waals surface area (Å²) in [6.45, 7) is 4.73. The molecule has 2 aromatic rings. The summed E-state index contributed by atoms with van der Waals surface area (Å²) in [6, 6.07) is 8.44. The normalized spacial score (nSPS) is 22.2. The van der Waals surface area contributed by atoms with Crippen LogP contribution in [-0.4, -0.2) is 33.4 Å². The predicted molar refractivity (Wildman–Crippen MR) is 101 cm³/mol. The summed E-state index contributed by atoms with van der Waals surface area (Å²) in [4.78, 5) is 19.1. The van der Waals surface area contributed by atoms with Gasteiger partial charge in [0.05, 0.1) is 11.0 Å². The Bertz CT molecular complexity index is 745. The maximum atomic E-state index is 12.2. The van der Waals surface area contributed by atoms with E-state index in [4.69, 9.17) is 4.98 Å². The van der Waals surface area contributed by atoms with Crippen LogP contribution in [0.5, 0.6) is 0 Å². The molecule has 2 fully saturated rings. The fraction of sp³-hybridized carbons (Fsp3) is 0.619. The Morgan fingerprint density at radius 1 is 1.16 bits per heavy atom. The van der Waals surface area contributed by atoms with Crippen molar-refractivity contribution < 1.29 is 4.79 Å². The lowest BCUT2D eigenvalue weighted by Gasteiger charge is -2.22. The van der Waals surface area contributed by atoms with E-state index in [1.54, 1.807) is 0 Å². The van der Waals surface area contributed by atoms with Gasteiger partial charge in [-0.25, -0.2) is 4.98 Å². The van der Waals surface area contributed by atoms with Crippen molar-refractivity contribution in [2.45, 2.75) is 64.3 Å². The van der Waals surface area contributed by atoms with Crippen molar-refractivity contribution in [2.24, 2.45) is 5.92 Å². The van der Waals surface area contributed by atoms with Crippen LogP contribution in [0.2, 0.25) is 0 Å². The first kappa shape index (κ1) is 16.6. The van der Waals surface area contributed by atoms with Gasteiger partial charge in [0.15, 0.2) is 0 Å². The Morgan fingerprint density at radius 3 is 2.72 bits per heavy atom. The highest BCUT2D eigenvalue weighted by molar-refractivity contribution is 5.80. The highest BCUT2D eigenvalue weighted by Gasteiger charge is 2.33. The van der Waals surface area contributed by atoms with Gasteiger partial charge in [-0.2, -0.15) is 0 Å². The highest BCUT2D eigenvalue weighted by atomic mass is 16.2. The Kier molecular flexibility index (Phi) is 4.78. The van der Waals surface area contributed by atoms with Crippen LogP contribution in [0.3, 0.4) is 0 Å². The lowest BCUT2D eigenvalue weighted by molar-refractivity contribution is -0.127. The molecule has 1 saturated carbocycles. The topological polar surface area (TPSA) is 38.1 Å². The molecule has 0 N–H and O–H groups in total. The Morgan fingerprint density at radius 2 is 1.96 bits per heavy atom. The van der Waals surface area contributed by atoms with Gasteiger partial charge in [-0.1, -0.05) is 44.2 Å². The Balaban J connectivity index is 1.60. The number of para-hydroxylation sites is 2. The Hall–Kier alpha value is -1.84. The zero-order chi connectivity index (χ0) is 17.2. The number of likely N-dealkylation sites (N-methyl/N-ethyl adjacent to an activating group) is 1. The number of carbonyl (C=O) groups is 1. The van der Waals surface area contributed by atoms with E-state index in [9.17, 15) is 4.79 Å². The lowest BCUT2D eigenvalue weighted by atomic mass is 9.87. The molecular weight excluding hydrogens is 310 g/mol. The van der Waals surface area contributed by atoms with Crippen LogP contribution in [0.4, 0.5) is 0 Å². The minimum Gasteiger partial charge on any atom is -0.342 e. The van der Waals surface area contributed by atoms with E-state index in [2.05, 4.69) is 35.8 Å². The number of aromatic nitrogens is 2. The van der Waals surface area contributed by atoms with Crippen LogP contribution >= 0.6 is 0 Å². The number of rotatable bonds is 5. The summed E-state index contributed by atoms with van der Waals surface area (Å²) in [5, 5.41) is 0. The first-order valence-corrected chi connectivity index (χ1v) is 9.99. The number of likely N-dealkylation sites (tertiary alicyclic amines) is 1. The van der Waals surface area contributed by atoms with Crippen molar-refractivity contribution in [3.8, 4) is 0 Å². The Labute approximate surface area is 150 Å². The molecule has 0 spiro atoms. The van der Waals surface area contributed by atoms with Crippen LogP contribution in [0.25, 0.3) is 11.0 Å². The minimum absolute atomic E-state index is 0.242. The molecule has 4 rings (SSSR count). The van der Waals surface area contributed by atoms with Gasteiger partial charge in [-0.15, -0.1) is 0 Å². The molecule has 1 aliphatic carbocycles. The average molecular weight is 339 g/mol. The first-order chi connectivity index (χ1) is 12.3. The maximum absolute atomic E-state index is 12.2. The third-order valence-corrected chi connectivity index (χ3v) is 6.13. The largest absolute Gasteiger partial charge is 0.342 e. The molecular formula is C21H29N3O. The third-order valence-electron chi connectivity index (χ3n) is 6.13. The number of carbonyl (C=O) groups excluding carboxylic acids is 1. The van der Waals surface area contributed by atoms with Crippen molar-refractivity contribution in [3.05, 3.63) is 30.1 Å². The molecule has 134 valence electrons. The number of hydrogen-bond acceptors (Lipinski definition) is 2. The van der Waals surface area contributed by atoms with Gasteiger partial charge in [0.2, 0.25) is 5.91 Å². The van der Waals surface area contributed by atoms with Crippen molar-refractivity contribution in [3.63, 3.8) is 0 Å². The van der Waals surface area contributed by atoms with Gasteiger partial charge in [0, 0.05) is 32.0 Å². The van der Waals surface area contributed by atoms with E-state index in [0.29, 0.717) is 6.42 Å². The van der Waals surface area contributed by atoms with Crippen LogP contribution in [0.15, 0.2) is 24.3 Å². The van der Waals surface area contributed by atoms with Crippen molar-refractivity contribution >= 4 is 16.9 Å². The third kappa shape index (κ3) is 3.31. The van der Waals surface area contributed by atoms with E-state index in [-0.39, 0.29) is 11.8 Å². The number of aryl methyl sites for hydroxylation is 1. The zero-order valence-corrected chi connectivity index (χ0v) is 15.3. The summed E-state index contributed by atoms with van der Waals surface area (Å²) in [6.07, 6.45) is 8.81. The van der Waals surface area contributed by atoms with Gasteiger partial charge >= 0.3 is 0 Å². The van der Waals surface area contributed by atoms with Gasteiger partial charge in [-0.3, -0.25) is 4.79 Å². The molecule has 1 aliphatic heterocycles. The monoisotopic (exact) mass is 339 g/mol. The summed E-state index contributed by atoms with van der Waals surface area (Å²) in [5.74, 6) is 2.51. The van der Waals surface area contributed by atoms with Crippen LogP contribution < -0.4 is 0 Å². The van der Waals surface area contributed by atoms with Crippen LogP contribution in [-0.2, 0) is 11.3 Å². The minimum atomic E-state index is 0.242. The van der Waals surface area contributed by atoms with E-state index >= 15 is 0 Å². The SMILES string of the molecule is CCN1CC(c2nc3ccccc3n2CCC2CCCCC2)CC1=O. The van der Waals surface area contributed by atoms with E-state index < -0.39 is 0 Å². The number of amides is 1. The zero-order valence-electron chi connectivity index (χ0n) is 15.3. The summed E-state index contributed by atoms with van der Waals surface area (Å²) in [5.41, 5.74) is 2.30. The molecule has 0 bridgehead atoms. The summed E-state index contributed by atoms with van der Waals surface area (Å²) in [7, 11) is 0. The molecule has 2 aliphatic rings. The summed E-state index contributed by atoms with van der Waals surface area (Å²) >= 11 is 0. The molecule has 2 heterocycles. The summed E-state index contributed by atoms with van der Waals surface area (Å²) < 4.78 is 2.42. The number of imidazole rings is 1. The molecule has 0 radical (unpaired) electrons. The maximum Gasteiger partial charge on any atom is 0.223 e. The van der Waals surface area contributed by atoms with Crippen molar-refractivity contribution in [1.82, 2.24) is 14.5 Å². The number of nitrogens with zero attached hydrogens (tertiary/aromatic N) is 3. The van der Waals surface area contributed by atoms with Gasteiger partial charge in [0.25, 0.3) is 0 Å². The number of benzene rings is 1. The van der Waals surface area contributed by atoms with E-state index in [1.165, 1.54) is 44.0 Å². The highest BCUT2D eigenvalue weighted by Crippen LogP contribution is 2.32. The molecule has 1 saturated heterocycles. The molecule has 1 aromatic carbocycles. The average Bonchev–Trinajstić information content (AvgIpc) is 3.21. The molecule has 1 atom stereocenters. The smallest absolute Gasteiger partial charge is 0.223 e. The first-order valence-electron chi connectivity index (χ1n) is 9.99. The van der Waals surface area contributed by atoms with Crippen molar-refractivity contribution in [2.75, 3.05) is 13.1 Å². The fourth-order valence-electron chi connectivity index (χ4n) is 4.68. The van der Waals surface area contributed by atoms with E-state index in [0.717, 1.165) is 36.9 Å². The molecule has 1 amide bonds. The molecule has 25 heavy (non-hydrogen) atoms. The molecule has 4 heteroatoms. The van der Waals surface area contributed by atoms with Crippen LogP contribution in [0, 0.1) is 5.92 Å². The van der Waals surface area contributed by atoms with Gasteiger partial charge in [0.1, 0.15) is 5.82 Å².